The lowest BCUT2D eigenvalue weighted by atomic mass is 10.1. The lowest BCUT2D eigenvalue weighted by Gasteiger charge is -2.26. The average Bonchev–Trinajstić information content (AvgIpc) is 2.89. The molecule has 0 aromatic heterocycles. The van der Waals surface area contributed by atoms with E-state index < -0.39 is 22.5 Å². The Kier molecular flexibility index (Phi) is 9.19. The third-order valence-corrected chi connectivity index (χ3v) is 7.42. The Bertz CT molecular complexity index is 1280. The van der Waals surface area contributed by atoms with E-state index in [9.17, 15) is 13.2 Å². The van der Waals surface area contributed by atoms with Crippen LogP contribution in [0.25, 0.3) is 0 Å². The van der Waals surface area contributed by atoms with E-state index in [2.05, 4.69) is 5.32 Å². The molecule has 0 saturated heterocycles. The number of sulfonamides is 1. The van der Waals surface area contributed by atoms with Crippen molar-refractivity contribution >= 4 is 21.6 Å². The Labute approximate surface area is 212 Å². The Morgan fingerprint density at radius 3 is 2.25 bits per heavy atom. The molecule has 0 unspecified atom stereocenters. The first-order chi connectivity index (χ1) is 17.3. The van der Waals surface area contributed by atoms with E-state index in [-0.39, 0.29) is 10.6 Å². The largest absolute Gasteiger partial charge is 0.497 e. The normalized spacial score (nSPS) is 11.0. The molecule has 0 aliphatic heterocycles. The van der Waals surface area contributed by atoms with Crippen molar-refractivity contribution in [1.29, 1.82) is 0 Å². The fraction of sp³-hybridized carbons (Fsp3) is 0.296. The number of anilines is 1. The maximum Gasteiger partial charge on any atom is 0.264 e. The fourth-order valence-corrected chi connectivity index (χ4v) is 5.09. The van der Waals surface area contributed by atoms with Crippen LogP contribution >= 0.6 is 0 Å². The standard InChI is InChI=1S/C27H32N2O6S/c1-20-10-13-24(14-11-20)36(31,32)29(25-18-23(34-3)12-15-26(25)35-4)19-27(30)28-16-6-8-21-7-5-9-22(17-21)33-2/h5,7,9-15,17-18H,6,8,16,19H2,1-4H3,(H,28,30). The molecule has 0 aliphatic rings. The van der Waals surface area contributed by atoms with Gasteiger partial charge in [0.05, 0.1) is 31.9 Å². The van der Waals surface area contributed by atoms with Gasteiger partial charge in [-0.1, -0.05) is 29.8 Å². The second-order valence-electron chi connectivity index (χ2n) is 8.17. The highest BCUT2D eigenvalue weighted by Gasteiger charge is 2.30. The molecule has 9 heteroatoms. The van der Waals surface area contributed by atoms with Gasteiger partial charge in [-0.25, -0.2) is 8.42 Å². The maximum absolute atomic E-state index is 13.7. The summed E-state index contributed by atoms with van der Waals surface area (Å²) in [4.78, 5) is 13.0. The number of amides is 1. The summed E-state index contributed by atoms with van der Waals surface area (Å²) in [5.41, 5.74) is 2.23. The number of carbonyl (C=O) groups excluding carboxylic acids is 1. The number of nitrogens with one attached hydrogen (secondary N) is 1. The number of methoxy groups -OCH3 is 3. The molecule has 0 bridgehead atoms. The number of aryl methyl sites for hydroxylation is 2. The van der Waals surface area contributed by atoms with Gasteiger partial charge in [0.2, 0.25) is 5.91 Å². The second-order valence-corrected chi connectivity index (χ2v) is 10.0. The molecule has 1 N–H and O–H groups in total. The van der Waals surface area contributed by atoms with Gasteiger partial charge in [-0.15, -0.1) is 0 Å². The van der Waals surface area contributed by atoms with Crippen LogP contribution in [0.2, 0.25) is 0 Å². The molecule has 3 aromatic carbocycles. The summed E-state index contributed by atoms with van der Waals surface area (Å²) >= 11 is 0. The van der Waals surface area contributed by atoms with Gasteiger partial charge >= 0.3 is 0 Å². The zero-order valence-electron chi connectivity index (χ0n) is 21.0. The molecule has 36 heavy (non-hydrogen) atoms. The number of hydrogen-bond acceptors (Lipinski definition) is 6. The Balaban J connectivity index is 1.80. The van der Waals surface area contributed by atoms with Crippen molar-refractivity contribution in [2.24, 2.45) is 0 Å². The van der Waals surface area contributed by atoms with Crippen molar-refractivity contribution in [2.45, 2.75) is 24.7 Å². The Morgan fingerprint density at radius 1 is 0.889 bits per heavy atom. The minimum absolute atomic E-state index is 0.0730. The first kappa shape index (κ1) is 26.9. The summed E-state index contributed by atoms with van der Waals surface area (Å²) in [6.07, 6.45) is 1.43. The van der Waals surface area contributed by atoms with Crippen LogP contribution in [0, 0.1) is 6.92 Å². The monoisotopic (exact) mass is 512 g/mol. The van der Waals surface area contributed by atoms with Crippen LogP contribution < -0.4 is 23.8 Å². The van der Waals surface area contributed by atoms with E-state index in [4.69, 9.17) is 14.2 Å². The van der Waals surface area contributed by atoms with Crippen LogP contribution in [-0.2, 0) is 21.2 Å². The molecule has 0 aliphatic carbocycles. The lowest BCUT2D eigenvalue weighted by molar-refractivity contribution is -0.119. The smallest absolute Gasteiger partial charge is 0.264 e. The molecule has 0 heterocycles. The van der Waals surface area contributed by atoms with Gasteiger partial charge in [0, 0.05) is 12.6 Å². The van der Waals surface area contributed by atoms with Crippen molar-refractivity contribution in [3.63, 3.8) is 0 Å². The third kappa shape index (κ3) is 6.69. The highest BCUT2D eigenvalue weighted by molar-refractivity contribution is 7.92. The highest BCUT2D eigenvalue weighted by atomic mass is 32.2. The molecule has 1 amide bonds. The van der Waals surface area contributed by atoms with Crippen LogP contribution in [0.4, 0.5) is 5.69 Å². The van der Waals surface area contributed by atoms with Crippen LogP contribution in [0.15, 0.2) is 71.6 Å². The van der Waals surface area contributed by atoms with Crippen LogP contribution in [0.5, 0.6) is 17.2 Å². The van der Waals surface area contributed by atoms with Crippen LogP contribution in [-0.4, -0.2) is 48.7 Å². The number of benzene rings is 3. The van der Waals surface area contributed by atoms with Gasteiger partial charge in [0.15, 0.2) is 0 Å². The zero-order valence-corrected chi connectivity index (χ0v) is 21.8. The van der Waals surface area contributed by atoms with Gasteiger partial charge in [0.25, 0.3) is 10.0 Å². The van der Waals surface area contributed by atoms with Crippen molar-refractivity contribution in [3.8, 4) is 17.2 Å². The second kappa shape index (κ2) is 12.3. The minimum atomic E-state index is -4.08. The predicted molar refractivity (Wildman–Crippen MR) is 140 cm³/mol. The van der Waals surface area contributed by atoms with Crippen molar-refractivity contribution in [3.05, 3.63) is 77.9 Å². The van der Waals surface area contributed by atoms with Crippen molar-refractivity contribution < 1.29 is 27.4 Å². The number of hydrogen-bond donors (Lipinski definition) is 1. The zero-order chi connectivity index (χ0) is 26.1. The van der Waals surface area contributed by atoms with Gasteiger partial charge in [-0.2, -0.15) is 0 Å². The highest BCUT2D eigenvalue weighted by Crippen LogP contribution is 2.35. The molecule has 0 atom stereocenters. The SMILES string of the molecule is COc1cccc(CCCNC(=O)CN(c2cc(OC)ccc2OC)S(=O)(=O)c2ccc(C)cc2)c1. The Morgan fingerprint density at radius 2 is 1.58 bits per heavy atom. The fourth-order valence-electron chi connectivity index (χ4n) is 3.66. The van der Waals surface area contributed by atoms with E-state index in [1.807, 2.05) is 31.2 Å². The van der Waals surface area contributed by atoms with Crippen molar-refractivity contribution in [2.75, 3.05) is 38.7 Å². The summed E-state index contributed by atoms with van der Waals surface area (Å²) in [5, 5.41) is 2.83. The molecule has 0 fully saturated rings. The summed E-state index contributed by atoms with van der Waals surface area (Å²) in [5.74, 6) is 1.09. The minimum Gasteiger partial charge on any atom is -0.497 e. The molecule has 8 nitrogen and oxygen atoms in total. The van der Waals surface area contributed by atoms with E-state index >= 15 is 0 Å². The number of ether oxygens (including phenoxy) is 3. The van der Waals surface area contributed by atoms with Crippen LogP contribution in [0.1, 0.15) is 17.5 Å². The van der Waals surface area contributed by atoms with Gasteiger partial charge in [0.1, 0.15) is 23.8 Å². The maximum atomic E-state index is 13.7. The van der Waals surface area contributed by atoms with E-state index in [1.165, 1.54) is 26.4 Å². The quantitative estimate of drug-likeness (QED) is 0.369. The Hall–Kier alpha value is -3.72. The molecule has 0 saturated carbocycles. The third-order valence-electron chi connectivity index (χ3n) is 5.65. The molecule has 0 radical (unpaired) electrons. The molecular formula is C27H32N2O6S. The number of carbonyl (C=O) groups is 1. The lowest BCUT2D eigenvalue weighted by Crippen LogP contribution is -2.41. The van der Waals surface area contributed by atoms with E-state index in [0.717, 1.165) is 27.6 Å². The van der Waals surface area contributed by atoms with Crippen LogP contribution in [0.3, 0.4) is 0 Å². The predicted octanol–water partition coefficient (Wildman–Crippen LogP) is 3.97. The first-order valence-corrected chi connectivity index (χ1v) is 12.9. The molecule has 192 valence electrons. The van der Waals surface area contributed by atoms with Gasteiger partial charge in [-0.05, 0) is 61.7 Å². The summed E-state index contributed by atoms with van der Waals surface area (Å²) in [7, 11) is 0.467. The summed E-state index contributed by atoms with van der Waals surface area (Å²) in [6, 6.07) is 19.0. The molecular weight excluding hydrogens is 480 g/mol. The molecule has 3 rings (SSSR count). The molecule has 3 aromatic rings. The number of rotatable bonds is 12. The average molecular weight is 513 g/mol. The first-order valence-electron chi connectivity index (χ1n) is 11.5. The summed E-state index contributed by atoms with van der Waals surface area (Å²) in [6.45, 7) is 1.85. The topological polar surface area (TPSA) is 94.2 Å². The molecule has 0 spiro atoms. The van der Waals surface area contributed by atoms with E-state index in [1.54, 1.807) is 37.4 Å². The van der Waals surface area contributed by atoms with Gasteiger partial charge in [-0.3, -0.25) is 9.10 Å². The number of nitrogens with zero attached hydrogens (tertiary/aromatic N) is 1. The summed E-state index contributed by atoms with van der Waals surface area (Å²) < 4.78 is 44.3. The van der Waals surface area contributed by atoms with Gasteiger partial charge < -0.3 is 19.5 Å². The van der Waals surface area contributed by atoms with E-state index in [0.29, 0.717) is 24.5 Å². The van der Waals surface area contributed by atoms with Crippen molar-refractivity contribution in [1.82, 2.24) is 5.32 Å².